The van der Waals surface area contributed by atoms with Crippen LogP contribution in [0.25, 0.3) is 0 Å². The summed E-state index contributed by atoms with van der Waals surface area (Å²) in [5.74, 6) is 0.452. The summed E-state index contributed by atoms with van der Waals surface area (Å²) in [7, 11) is 0. The Morgan fingerprint density at radius 2 is 2.18 bits per heavy atom. The molecule has 1 fully saturated rings. The third kappa shape index (κ3) is 3.50. The molecule has 1 unspecified atom stereocenters. The SMILES string of the molecule is CSCCC1NC(=O)N(Cc2ccc(Cl)c([N+](=O)[O-])c2)C1=O. The van der Waals surface area contributed by atoms with E-state index in [2.05, 4.69) is 5.32 Å². The summed E-state index contributed by atoms with van der Waals surface area (Å²) in [6.07, 6.45) is 2.48. The maximum Gasteiger partial charge on any atom is 0.325 e. The van der Waals surface area contributed by atoms with Gasteiger partial charge in [-0.3, -0.25) is 19.8 Å². The lowest BCUT2D eigenvalue weighted by Gasteiger charge is -2.13. The number of carbonyl (C=O) groups is 2. The molecule has 1 aromatic carbocycles. The fourth-order valence-electron chi connectivity index (χ4n) is 2.14. The standard InChI is InChI=1S/C13H14ClN3O4S/c1-22-5-4-10-12(18)16(13(19)15-10)7-8-2-3-9(14)11(6-8)17(20)21/h2-3,6,10H,4-5,7H2,1H3,(H,15,19). The zero-order valence-corrected chi connectivity index (χ0v) is 13.3. The first kappa shape index (κ1) is 16.6. The van der Waals surface area contributed by atoms with Crippen LogP contribution >= 0.6 is 23.4 Å². The van der Waals surface area contributed by atoms with E-state index in [-0.39, 0.29) is 23.2 Å². The van der Waals surface area contributed by atoms with Gasteiger partial charge in [-0.25, -0.2) is 4.79 Å². The van der Waals surface area contributed by atoms with E-state index >= 15 is 0 Å². The van der Waals surface area contributed by atoms with Crippen molar-refractivity contribution in [2.45, 2.75) is 19.0 Å². The Balaban J connectivity index is 2.13. The van der Waals surface area contributed by atoms with E-state index in [0.29, 0.717) is 12.0 Å². The summed E-state index contributed by atoms with van der Waals surface area (Å²) >= 11 is 7.33. The fourth-order valence-corrected chi connectivity index (χ4v) is 2.80. The highest BCUT2D eigenvalue weighted by molar-refractivity contribution is 7.98. The lowest BCUT2D eigenvalue weighted by Crippen LogP contribution is -2.31. The second kappa shape index (κ2) is 6.97. The second-order valence-electron chi connectivity index (χ2n) is 4.75. The number of amides is 3. The molecule has 0 saturated carbocycles. The fraction of sp³-hybridized carbons (Fsp3) is 0.385. The molecule has 0 aliphatic carbocycles. The molecule has 0 spiro atoms. The smallest absolute Gasteiger partial charge is 0.325 e. The quantitative estimate of drug-likeness (QED) is 0.486. The van der Waals surface area contributed by atoms with E-state index in [1.54, 1.807) is 17.8 Å². The van der Waals surface area contributed by atoms with Crippen molar-refractivity contribution in [1.29, 1.82) is 0 Å². The average molecular weight is 344 g/mol. The van der Waals surface area contributed by atoms with E-state index in [4.69, 9.17) is 11.6 Å². The zero-order valence-electron chi connectivity index (χ0n) is 11.7. The molecule has 1 atom stereocenters. The molecule has 0 bridgehead atoms. The van der Waals surface area contributed by atoms with Gasteiger partial charge in [-0.2, -0.15) is 11.8 Å². The molecule has 2 rings (SSSR count). The summed E-state index contributed by atoms with van der Waals surface area (Å²) in [5.41, 5.74) is 0.232. The van der Waals surface area contributed by atoms with Crippen molar-refractivity contribution >= 4 is 41.0 Å². The van der Waals surface area contributed by atoms with Crippen molar-refractivity contribution < 1.29 is 14.5 Å². The number of hydrogen-bond acceptors (Lipinski definition) is 5. The summed E-state index contributed by atoms with van der Waals surface area (Å²) in [6.45, 7) is -0.0154. The van der Waals surface area contributed by atoms with Gasteiger partial charge in [0.05, 0.1) is 11.5 Å². The van der Waals surface area contributed by atoms with Gasteiger partial charge in [-0.15, -0.1) is 0 Å². The molecule has 118 valence electrons. The summed E-state index contributed by atoms with van der Waals surface area (Å²) in [4.78, 5) is 35.4. The number of rotatable bonds is 6. The lowest BCUT2D eigenvalue weighted by molar-refractivity contribution is -0.384. The van der Waals surface area contributed by atoms with Crippen molar-refractivity contribution in [2.75, 3.05) is 12.0 Å². The van der Waals surface area contributed by atoms with Crippen LogP contribution in [-0.2, 0) is 11.3 Å². The summed E-state index contributed by atoms with van der Waals surface area (Å²) in [5, 5.41) is 13.5. The van der Waals surface area contributed by atoms with Gasteiger partial charge in [0.1, 0.15) is 11.1 Å². The molecule has 1 saturated heterocycles. The molecule has 1 aliphatic rings. The molecular formula is C13H14ClN3O4S. The van der Waals surface area contributed by atoms with Crippen molar-refractivity contribution in [3.8, 4) is 0 Å². The highest BCUT2D eigenvalue weighted by Crippen LogP contribution is 2.26. The molecule has 1 aliphatic heterocycles. The van der Waals surface area contributed by atoms with E-state index in [0.717, 1.165) is 10.7 Å². The van der Waals surface area contributed by atoms with Crippen molar-refractivity contribution in [3.63, 3.8) is 0 Å². The number of carbonyl (C=O) groups excluding carboxylic acids is 2. The highest BCUT2D eigenvalue weighted by Gasteiger charge is 2.37. The Morgan fingerprint density at radius 1 is 1.45 bits per heavy atom. The largest absolute Gasteiger partial charge is 0.326 e. The minimum absolute atomic E-state index is 0.0154. The van der Waals surface area contributed by atoms with E-state index in [1.807, 2.05) is 6.26 Å². The van der Waals surface area contributed by atoms with Crippen LogP contribution in [0.15, 0.2) is 18.2 Å². The number of thioether (sulfide) groups is 1. The predicted molar refractivity (Wildman–Crippen MR) is 84.0 cm³/mol. The molecule has 7 nitrogen and oxygen atoms in total. The minimum atomic E-state index is -0.598. The molecule has 3 amide bonds. The van der Waals surface area contributed by atoms with Crippen LogP contribution in [0.4, 0.5) is 10.5 Å². The first-order valence-corrected chi connectivity index (χ1v) is 8.25. The molecular weight excluding hydrogens is 330 g/mol. The second-order valence-corrected chi connectivity index (χ2v) is 6.14. The highest BCUT2D eigenvalue weighted by atomic mass is 35.5. The summed E-state index contributed by atoms with van der Waals surface area (Å²) < 4.78 is 0. The number of benzene rings is 1. The van der Waals surface area contributed by atoms with E-state index < -0.39 is 17.0 Å². The average Bonchev–Trinajstić information content (AvgIpc) is 2.74. The van der Waals surface area contributed by atoms with E-state index in [1.165, 1.54) is 12.1 Å². The molecule has 1 N–H and O–H groups in total. The maximum atomic E-state index is 12.2. The van der Waals surface area contributed by atoms with E-state index in [9.17, 15) is 19.7 Å². The van der Waals surface area contributed by atoms with Crippen molar-refractivity contribution in [1.82, 2.24) is 10.2 Å². The third-order valence-electron chi connectivity index (χ3n) is 3.27. The number of nitro groups is 1. The Hall–Kier alpha value is -1.80. The Kier molecular flexibility index (Phi) is 5.25. The first-order chi connectivity index (χ1) is 10.4. The topological polar surface area (TPSA) is 92.6 Å². The Bertz CT molecular complexity index is 625. The van der Waals surface area contributed by atoms with Crippen molar-refractivity contribution in [2.24, 2.45) is 0 Å². The summed E-state index contributed by atoms with van der Waals surface area (Å²) in [6, 6.07) is 3.22. The van der Waals surface area contributed by atoms with Crippen LogP contribution in [0.5, 0.6) is 0 Å². The predicted octanol–water partition coefficient (Wildman–Crippen LogP) is 2.42. The van der Waals surface area contributed by atoms with Gasteiger partial charge in [0.25, 0.3) is 11.6 Å². The van der Waals surface area contributed by atoms with Crippen LogP contribution < -0.4 is 5.32 Å². The maximum absolute atomic E-state index is 12.2. The molecule has 0 radical (unpaired) electrons. The minimum Gasteiger partial charge on any atom is -0.326 e. The monoisotopic (exact) mass is 343 g/mol. The zero-order chi connectivity index (χ0) is 16.3. The lowest BCUT2D eigenvalue weighted by atomic mass is 10.1. The Morgan fingerprint density at radius 3 is 2.82 bits per heavy atom. The third-order valence-corrected chi connectivity index (χ3v) is 4.23. The number of hydrogen-bond donors (Lipinski definition) is 1. The molecule has 0 aromatic heterocycles. The molecule has 9 heteroatoms. The molecule has 1 aromatic rings. The number of halogens is 1. The van der Waals surface area contributed by atoms with Gasteiger partial charge < -0.3 is 5.32 Å². The number of nitrogens with one attached hydrogen (secondary N) is 1. The van der Waals surface area contributed by atoms with Crippen LogP contribution in [0, 0.1) is 10.1 Å². The van der Waals surface area contributed by atoms with Gasteiger partial charge in [-0.05, 0) is 30.1 Å². The normalized spacial score (nSPS) is 17.7. The van der Waals surface area contributed by atoms with Gasteiger partial charge in [0.2, 0.25) is 0 Å². The number of imide groups is 1. The van der Waals surface area contributed by atoms with Crippen LogP contribution in [0.1, 0.15) is 12.0 Å². The van der Waals surface area contributed by atoms with Crippen LogP contribution in [0.3, 0.4) is 0 Å². The number of urea groups is 1. The first-order valence-electron chi connectivity index (χ1n) is 6.47. The Labute approximate surface area is 136 Å². The van der Waals surface area contributed by atoms with Gasteiger partial charge in [0.15, 0.2) is 0 Å². The molecule has 1 heterocycles. The van der Waals surface area contributed by atoms with Gasteiger partial charge >= 0.3 is 6.03 Å². The van der Waals surface area contributed by atoms with Crippen molar-refractivity contribution in [3.05, 3.63) is 38.9 Å². The number of nitrogens with zero attached hydrogens (tertiary/aromatic N) is 2. The van der Waals surface area contributed by atoms with Crippen LogP contribution in [-0.4, -0.2) is 39.8 Å². The number of nitro benzene ring substituents is 1. The molecule has 22 heavy (non-hydrogen) atoms. The van der Waals surface area contributed by atoms with Gasteiger partial charge in [0, 0.05) is 6.07 Å². The van der Waals surface area contributed by atoms with Gasteiger partial charge in [-0.1, -0.05) is 17.7 Å². The van der Waals surface area contributed by atoms with Crippen LogP contribution in [0.2, 0.25) is 5.02 Å².